The first kappa shape index (κ1) is 19.5. The molecule has 1 aromatic carbocycles. The highest BCUT2D eigenvalue weighted by atomic mass is 32.2. The average molecular weight is 414 g/mol. The maximum atomic E-state index is 12.7. The monoisotopic (exact) mass is 413 g/mol. The molecule has 0 unspecified atom stereocenters. The van der Waals surface area contributed by atoms with E-state index in [-0.39, 0.29) is 17.0 Å². The molecule has 0 bridgehead atoms. The second-order valence-corrected chi connectivity index (χ2v) is 8.82. The van der Waals surface area contributed by atoms with Crippen molar-refractivity contribution in [3.05, 3.63) is 55.2 Å². The molecule has 29 heavy (non-hydrogen) atoms. The Balaban J connectivity index is 1.38. The van der Waals surface area contributed by atoms with Gasteiger partial charge in [0.1, 0.15) is 12.1 Å². The molecule has 152 valence electrons. The number of nitrogens with zero attached hydrogens (tertiary/aromatic N) is 4. The molecule has 1 fully saturated rings. The maximum Gasteiger partial charge on any atom is 0.240 e. The Bertz CT molecular complexity index is 1060. The van der Waals surface area contributed by atoms with Crippen molar-refractivity contribution < 1.29 is 13.2 Å². The Hall–Kier alpha value is -2.78. The molecule has 1 aliphatic carbocycles. The van der Waals surface area contributed by atoms with Gasteiger partial charge in [0.25, 0.3) is 0 Å². The lowest BCUT2D eigenvalue weighted by atomic mass is 9.92. The summed E-state index contributed by atoms with van der Waals surface area (Å²) in [5.41, 5.74) is 1.79. The summed E-state index contributed by atoms with van der Waals surface area (Å²) in [5.74, 6) is 0.523. The molecule has 8 nitrogen and oxygen atoms in total. The second kappa shape index (κ2) is 8.30. The van der Waals surface area contributed by atoms with Crippen LogP contribution in [0.1, 0.15) is 31.7 Å². The molecule has 2 aromatic heterocycles. The van der Waals surface area contributed by atoms with Crippen LogP contribution in [-0.4, -0.2) is 41.3 Å². The Morgan fingerprint density at radius 2 is 2.00 bits per heavy atom. The van der Waals surface area contributed by atoms with Crippen LogP contribution in [0.15, 0.2) is 60.1 Å². The van der Waals surface area contributed by atoms with Gasteiger partial charge in [-0.1, -0.05) is 6.07 Å². The van der Waals surface area contributed by atoms with Crippen LogP contribution < -0.4 is 9.46 Å². The van der Waals surface area contributed by atoms with Gasteiger partial charge in [-0.05, 0) is 43.9 Å². The maximum absolute atomic E-state index is 12.7. The van der Waals surface area contributed by atoms with Gasteiger partial charge in [-0.3, -0.25) is 4.68 Å². The zero-order valence-electron chi connectivity index (χ0n) is 16.1. The number of sulfonamides is 1. The van der Waals surface area contributed by atoms with Crippen LogP contribution >= 0.6 is 0 Å². The summed E-state index contributed by atoms with van der Waals surface area (Å²) in [6, 6.07) is 8.54. The van der Waals surface area contributed by atoms with Gasteiger partial charge in [0, 0.05) is 30.1 Å². The summed E-state index contributed by atoms with van der Waals surface area (Å²) in [5, 5.41) is 4.49. The number of rotatable bonds is 6. The molecule has 3 aromatic rings. The van der Waals surface area contributed by atoms with Gasteiger partial charge in [0.15, 0.2) is 0 Å². The fraction of sp³-hybridized carbons (Fsp3) is 0.350. The molecule has 0 saturated heterocycles. The molecule has 0 atom stereocenters. The fourth-order valence-electron chi connectivity index (χ4n) is 3.65. The summed E-state index contributed by atoms with van der Waals surface area (Å²) in [4.78, 5) is 8.41. The van der Waals surface area contributed by atoms with E-state index in [1.54, 1.807) is 30.6 Å². The summed E-state index contributed by atoms with van der Waals surface area (Å²) < 4.78 is 35.3. The smallest absolute Gasteiger partial charge is 0.240 e. The lowest BCUT2D eigenvalue weighted by molar-refractivity contribution is 0.293. The van der Waals surface area contributed by atoms with Crippen LogP contribution in [0.4, 0.5) is 0 Å². The van der Waals surface area contributed by atoms with Gasteiger partial charge in [0.2, 0.25) is 10.0 Å². The van der Waals surface area contributed by atoms with Crippen LogP contribution in [0.3, 0.4) is 0 Å². The Kier molecular flexibility index (Phi) is 5.59. The molecule has 0 amide bonds. The SMILES string of the molecule is COc1cccc(S(=O)(=O)NC2CCC(n3cc(-c4ccncn4)cn3)CC2)c1. The lowest BCUT2D eigenvalue weighted by Crippen LogP contribution is -2.38. The highest BCUT2D eigenvalue weighted by molar-refractivity contribution is 7.89. The molecule has 1 aliphatic rings. The van der Waals surface area contributed by atoms with E-state index >= 15 is 0 Å². The molecule has 9 heteroatoms. The van der Waals surface area contributed by atoms with Crippen molar-refractivity contribution >= 4 is 10.0 Å². The minimum Gasteiger partial charge on any atom is -0.497 e. The van der Waals surface area contributed by atoms with Gasteiger partial charge in [-0.15, -0.1) is 0 Å². The lowest BCUT2D eigenvalue weighted by Gasteiger charge is -2.29. The highest BCUT2D eigenvalue weighted by Gasteiger charge is 2.27. The van der Waals surface area contributed by atoms with Crippen molar-refractivity contribution in [3.63, 3.8) is 0 Å². The molecular weight excluding hydrogens is 390 g/mol. The van der Waals surface area contributed by atoms with Gasteiger partial charge in [-0.2, -0.15) is 5.10 Å². The molecule has 1 saturated carbocycles. The topological polar surface area (TPSA) is 99.0 Å². The Morgan fingerprint density at radius 3 is 2.72 bits per heavy atom. The largest absolute Gasteiger partial charge is 0.497 e. The van der Waals surface area contributed by atoms with E-state index in [1.165, 1.54) is 19.5 Å². The summed E-state index contributed by atoms with van der Waals surface area (Å²) in [6.45, 7) is 0. The minimum absolute atomic E-state index is 0.0839. The first-order valence-electron chi connectivity index (χ1n) is 9.52. The van der Waals surface area contributed by atoms with E-state index in [1.807, 2.05) is 16.9 Å². The highest BCUT2D eigenvalue weighted by Crippen LogP contribution is 2.30. The quantitative estimate of drug-likeness (QED) is 0.667. The van der Waals surface area contributed by atoms with Gasteiger partial charge in [-0.25, -0.2) is 23.1 Å². The number of ether oxygens (including phenoxy) is 1. The zero-order chi connectivity index (χ0) is 20.3. The van der Waals surface area contributed by atoms with Gasteiger partial charge >= 0.3 is 0 Å². The first-order valence-corrected chi connectivity index (χ1v) is 11.0. The molecular formula is C20H23N5O3S. The van der Waals surface area contributed by atoms with Crippen molar-refractivity contribution in [3.8, 4) is 17.0 Å². The van der Waals surface area contributed by atoms with E-state index in [0.29, 0.717) is 5.75 Å². The van der Waals surface area contributed by atoms with Crippen LogP contribution in [0, 0.1) is 0 Å². The third kappa shape index (κ3) is 4.46. The number of hydrogen-bond donors (Lipinski definition) is 1. The third-order valence-electron chi connectivity index (χ3n) is 5.22. The van der Waals surface area contributed by atoms with E-state index in [9.17, 15) is 8.42 Å². The normalized spacial score (nSPS) is 19.8. The number of hydrogen-bond acceptors (Lipinski definition) is 6. The third-order valence-corrected chi connectivity index (χ3v) is 6.74. The molecule has 1 N–H and O–H groups in total. The molecule has 0 spiro atoms. The first-order chi connectivity index (χ1) is 14.0. The van der Waals surface area contributed by atoms with Crippen molar-refractivity contribution in [1.82, 2.24) is 24.5 Å². The summed E-state index contributed by atoms with van der Waals surface area (Å²) >= 11 is 0. The number of methoxy groups -OCH3 is 1. The number of benzene rings is 1. The second-order valence-electron chi connectivity index (χ2n) is 7.11. The average Bonchev–Trinajstić information content (AvgIpc) is 3.25. The number of aromatic nitrogens is 4. The van der Waals surface area contributed by atoms with Crippen LogP contribution in [0.2, 0.25) is 0 Å². The zero-order valence-corrected chi connectivity index (χ0v) is 16.9. The van der Waals surface area contributed by atoms with Crippen molar-refractivity contribution in [2.24, 2.45) is 0 Å². The Labute approximate surface area is 170 Å². The standard InChI is InChI=1S/C20H23N5O3S/c1-28-18-3-2-4-19(11-18)29(26,27)24-16-5-7-17(8-6-16)25-13-15(12-23-25)20-9-10-21-14-22-20/h2-4,9-14,16-17,24H,5-8H2,1H3. The van der Waals surface area contributed by atoms with Crippen molar-refractivity contribution in [2.45, 2.75) is 42.7 Å². The van der Waals surface area contributed by atoms with Crippen LogP contribution in [-0.2, 0) is 10.0 Å². The van der Waals surface area contributed by atoms with E-state index in [2.05, 4.69) is 19.8 Å². The molecule has 2 heterocycles. The Morgan fingerprint density at radius 1 is 1.17 bits per heavy atom. The summed E-state index contributed by atoms with van der Waals surface area (Å²) in [6.07, 6.45) is 10.3. The summed E-state index contributed by atoms with van der Waals surface area (Å²) in [7, 11) is -2.05. The fourth-order valence-corrected chi connectivity index (χ4v) is 4.99. The van der Waals surface area contributed by atoms with Gasteiger partial charge < -0.3 is 4.74 Å². The predicted octanol–water partition coefficient (Wildman–Crippen LogP) is 2.81. The van der Waals surface area contributed by atoms with E-state index in [4.69, 9.17) is 4.74 Å². The van der Waals surface area contributed by atoms with E-state index in [0.717, 1.165) is 36.9 Å². The van der Waals surface area contributed by atoms with Crippen molar-refractivity contribution in [2.75, 3.05) is 7.11 Å². The van der Waals surface area contributed by atoms with Crippen molar-refractivity contribution in [1.29, 1.82) is 0 Å². The molecule has 0 aliphatic heterocycles. The van der Waals surface area contributed by atoms with Crippen LogP contribution in [0.5, 0.6) is 5.75 Å². The number of nitrogens with one attached hydrogen (secondary N) is 1. The van der Waals surface area contributed by atoms with Gasteiger partial charge in [0.05, 0.1) is 29.9 Å². The van der Waals surface area contributed by atoms with Crippen LogP contribution in [0.25, 0.3) is 11.3 Å². The van der Waals surface area contributed by atoms with E-state index < -0.39 is 10.0 Å². The predicted molar refractivity (Wildman–Crippen MR) is 108 cm³/mol. The minimum atomic E-state index is -3.57. The molecule has 4 rings (SSSR count). The molecule has 0 radical (unpaired) electrons.